The smallest absolute Gasteiger partial charge is 0.296 e. The van der Waals surface area contributed by atoms with E-state index in [0.29, 0.717) is 27.8 Å². The highest BCUT2D eigenvalue weighted by atomic mass is 32.2. The lowest BCUT2D eigenvalue weighted by Gasteiger charge is -2.26. The molecule has 0 unspecified atom stereocenters. The fourth-order valence-electron chi connectivity index (χ4n) is 5.25. The standard InChI is InChI=1S/C33H32N4O6S/c1-20(2)43-19-28-36-32(39)30(33(40)37(28)29(23-11-12-23)24-8-6-7-21(17-24)18-34)44(41,42)25-15-13-22(14-16-25)26-9-4-5-10-27(26)31(38)35-3/h4-10,13-17,20,23,29,40H,11-12,19H2,1-3H3,(H,35,38)/t29-/m0/s1. The van der Waals surface area contributed by atoms with Gasteiger partial charge in [-0.1, -0.05) is 42.5 Å². The molecule has 0 spiro atoms. The van der Waals surface area contributed by atoms with Crippen molar-refractivity contribution in [2.45, 2.75) is 55.2 Å². The monoisotopic (exact) mass is 612 g/mol. The summed E-state index contributed by atoms with van der Waals surface area (Å²) in [5, 5.41) is 23.8. The van der Waals surface area contributed by atoms with Crippen molar-refractivity contribution in [3.8, 4) is 23.1 Å². The van der Waals surface area contributed by atoms with Crippen LogP contribution in [0.2, 0.25) is 0 Å². The van der Waals surface area contributed by atoms with Gasteiger partial charge in [0.1, 0.15) is 12.4 Å². The number of nitriles is 1. The van der Waals surface area contributed by atoms with Crippen molar-refractivity contribution < 1.29 is 23.1 Å². The summed E-state index contributed by atoms with van der Waals surface area (Å²) >= 11 is 0. The molecule has 0 saturated heterocycles. The number of nitrogens with zero attached hydrogens (tertiary/aromatic N) is 3. The zero-order valence-electron chi connectivity index (χ0n) is 24.5. The van der Waals surface area contributed by atoms with Gasteiger partial charge >= 0.3 is 0 Å². The number of benzene rings is 3. The molecule has 1 aliphatic carbocycles. The van der Waals surface area contributed by atoms with Crippen molar-refractivity contribution in [3.63, 3.8) is 0 Å². The van der Waals surface area contributed by atoms with E-state index in [-0.39, 0.29) is 35.3 Å². The molecule has 0 aliphatic heterocycles. The summed E-state index contributed by atoms with van der Waals surface area (Å²) in [7, 11) is -3.03. The van der Waals surface area contributed by atoms with E-state index in [4.69, 9.17) is 4.74 Å². The molecular formula is C33H32N4O6S. The van der Waals surface area contributed by atoms with Crippen LogP contribution in [0.5, 0.6) is 5.88 Å². The highest BCUT2D eigenvalue weighted by Gasteiger charge is 2.39. The highest BCUT2D eigenvalue weighted by molar-refractivity contribution is 7.91. The largest absolute Gasteiger partial charge is 0.493 e. The Morgan fingerprint density at radius 3 is 2.45 bits per heavy atom. The minimum atomic E-state index is -4.55. The van der Waals surface area contributed by atoms with Crippen LogP contribution >= 0.6 is 0 Å². The SMILES string of the molecule is CNC(=O)c1ccccc1-c1ccc(S(=O)(=O)c2c(O)n([C@H](c3cccc(C#N)c3)C3CC3)c(COC(C)C)nc2=O)cc1. The van der Waals surface area contributed by atoms with Crippen LogP contribution < -0.4 is 10.9 Å². The molecule has 1 atom stereocenters. The van der Waals surface area contributed by atoms with E-state index < -0.39 is 32.2 Å². The predicted molar refractivity (Wildman–Crippen MR) is 163 cm³/mol. The molecule has 11 heteroatoms. The van der Waals surface area contributed by atoms with Gasteiger partial charge in [0.05, 0.1) is 28.7 Å². The molecule has 5 rings (SSSR count). The number of ether oxygens (including phenoxy) is 1. The van der Waals surface area contributed by atoms with Crippen LogP contribution in [-0.2, 0) is 21.2 Å². The molecule has 226 valence electrons. The number of aromatic nitrogens is 2. The minimum absolute atomic E-state index is 0.0205. The molecule has 1 heterocycles. The van der Waals surface area contributed by atoms with Gasteiger partial charge in [0, 0.05) is 12.6 Å². The Hall–Kier alpha value is -4.79. The van der Waals surface area contributed by atoms with Crippen LogP contribution in [0.25, 0.3) is 11.1 Å². The molecule has 1 saturated carbocycles. The first kappa shape index (κ1) is 30.7. The molecule has 1 aromatic heterocycles. The quantitative estimate of drug-likeness (QED) is 0.264. The molecule has 1 amide bonds. The van der Waals surface area contributed by atoms with Crippen LogP contribution in [0, 0.1) is 17.2 Å². The maximum atomic E-state index is 14.0. The van der Waals surface area contributed by atoms with Crippen molar-refractivity contribution >= 4 is 15.7 Å². The zero-order chi connectivity index (χ0) is 31.6. The summed E-state index contributed by atoms with van der Waals surface area (Å²) in [5.41, 5.74) is 1.60. The van der Waals surface area contributed by atoms with Crippen LogP contribution in [0.3, 0.4) is 0 Å². The topological polar surface area (TPSA) is 151 Å². The third kappa shape index (κ3) is 6.00. The van der Waals surface area contributed by atoms with Gasteiger partial charge in [-0.05, 0) is 79.6 Å². The first-order valence-corrected chi connectivity index (χ1v) is 15.7. The second-order valence-electron chi connectivity index (χ2n) is 10.9. The normalized spacial score (nSPS) is 13.8. The third-order valence-electron chi connectivity index (χ3n) is 7.53. The third-order valence-corrected chi connectivity index (χ3v) is 9.31. The summed E-state index contributed by atoms with van der Waals surface area (Å²) in [6, 6.07) is 21.1. The molecule has 0 radical (unpaired) electrons. The van der Waals surface area contributed by atoms with Gasteiger partial charge in [-0.25, -0.2) is 8.42 Å². The van der Waals surface area contributed by atoms with Crippen LogP contribution in [0.1, 0.15) is 60.0 Å². The molecular weight excluding hydrogens is 580 g/mol. The first-order chi connectivity index (χ1) is 21.1. The van der Waals surface area contributed by atoms with Gasteiger partial charge in [0.15, 0.2) is 4.90 Å². The number of amides is 1. The average Bonchev–Trinajstić information content (AvgIpc) is 3.86. The predicted octanol–water partition coefficient (Wildman–Crippen LogP) is 4.60. The van der Waals surface area contributed by atoms with E-state index in [9.17, 15) is 28.4 Å². The Morgan fingerprint density at radius 1 is 1.11 bits per heavy atom. The van der Waals surface area contributed by atoms with Gasteiger partial charge in [-0.3, -0.25) is 14.2 Å². The molecule has 10 nitrogen and oxygen atoms in total. The molecule has 1 aliphatic rings. The lowest BCUT2D eigenvalue weighted by molar-refractivity contribution is 0.0568. The van der Waals surface area contributed by atoms with E-state index >= 15 is 0 Å². The average molecular weight is 613 g/mol. The number of rotatable bonds is 10. The van der Waals surface area contributed by atoms with E-state index in [1.807, 2.05) is 13.8 Å². The number of hydrogen-bond acceptors (Lipinski definition) is 8. The van der Waals surface area contributed by atoms with Crippen molar-refractivity contribution in [1.82, 2.24) is 14.9 Å². The van der Waals surface area contributed by atoms with Crippen LogP contribution in [0.4, 0.5) is 0 Å². The van der Waals surface area contributed by atoms with Gasteiger partial charge in [0.2, 0.25) is 15.7 Å². The molecule has 2 N–H and O–H groups in total. The number of sulfone groups is 1. The Morgan fingerprint density at radius 2 is 1.82 bits per heavy atom. The number of hydrogen-bond donors (Lipinski definition) is 2. The Balaban J connectivity index is 1.64. The second kappa shape index (κ2) is 12.4. The van der Waals surface area contributed by atoms with Gasteiger partial charge in [0.25, 0.3) is 11.5 Å². The highest BCUT2D eigenvalue weighted by Crippen LogP contribution is 2.46. The summed E-state index contributed by atoms with van der Waals surface area (Å²) in [5.74, 6) is -0.922. The van der Waals surface area contributed by atoms with Gasteiger partial charge in [-0.2, -0.15) is 10.2 Å². The Labute approximate surface area is 255 Å². The molecule has 0 bridgehead atoms. The molecule has 1 fully saturated rings. The lowest BCUT2D eigenvalue weighted by Crippen LogP contribution is -2.29. The Kier molecular flexibility index (Phi) is 8.67. The Bertz CT molecular complexity index is 1920. The van der Waals surface area contributed by atoms with Gasteiger partial charge < -0.3 is 15.2 Å². The van der Waals surface area contributed by atoms with Crippen molar-refractivity contribution in [3.05, 3.63) is 106 Å². The zero-order valence-corrected chi connectivity index (χ0v) is 25.3. The molecule has 4 aromatic rings. The van der Waals surface area contributed by atoms with Crippen molar-refractivity contribution in [2.75, 3.05) is 7.05 Å². The summed E-state index contributed by atoms with van der Waals surface area (Å²) in [6.45, 7) is 3.49. The summed E-state index contributed by atoms with van der Waals surface area (Å²) < 4.78 is 35.1. The lowest BCUT2D eigenvalue weighted by atomic mass is 9.99. The van der Waals surface area contributed by atoms with E-state index in [0.717, 1.165) is 12.8 Å². The van der Waals surface area contributed by atoms with E-state index in [1.54, 1.807) is 60.7 Å². The van der Waals surface area contributed by atoms with Crippen molar-refractivity contribution in [1.29, 1.82) is 5.26 Å². The fourth-order valence-corrected chi connectivity index (χ4v) is 6.60. The number of carbonyl (C=O) groups is 1. The number of nitrogens with one attached hydrogen (secondary N) is 1. The minimum Gasteiger partial charge on any atom is -0.493 e. The van der Waals surface area contributed by atoms with Crippen LogP contribution in [0.15, 0.2) is 87.4 Å². The maximum absolute atomic E-state index is 14.0. The number of carbonyl (C=O) groups excluding carboxylic acids is 1. The van der Waals surface area contributed by atoms with E-state index in [1.165, 1.54) is 23.7 Å². The number of aromatic hydroxyl groups is 1. The van der Waals surface area contributed by atoms with E-state index in [2.05, 4.69) is 16.4 Å². The summed E-state index contributed by atoms with van der Waals surface area (Å²) in [4.78, 5) is 28.8. The fraction of sp³-hybridized carbons (Fsp3) is 0.273. The van der Waals surface area contributed by atoms with Crippen LogP contribution in [-0.4, -0.2) is 42.1 Å². The molecule has 44 heavy (non-hydrogen) atoms. The first-order valence-electron chi connectivity index (χ1n) is 14.2. The maximum Gasteiger partial charge on any atom is 0.296 e. The van der Waals surface area contributed by atoms with Gasteiger partial charge in [-0.15, -0.1) is 0 Å². The van der Waals surface area contributed by atoms with Crippen molar-refractivity contribution in [2.24, 2.45) is 5.92 Å². The second-order valence-corrected chi connectivity index (χ2v) is 12.8. The molecule has 3 aromatic carbocycles. The summed E-state index contributed by atoms with van der Waals surface area (Å²) in [6.07, 6.45) is 1.39.